The number of carbonyl (C=O) groups excluding carboxylic acids is 1. The fourth-order valence-electron chi connectivity index (χ4n) is 4.03. The molecule has 0 bridgehead atoms. The summed E-state index contributed by atoms with van der Waals surface area (Å²) in [4.78, 5) is 50.1. The Bertz CT molecular complexity index is 1310. The van der Waals surface area contributed by atoms with Crippen molar-refractivity contribution >= 4 is 28.9 Å². The number of carbonyl (C=O) groups is 2. The number of carboxylic acids is 1. The lowest BCUT2D eigenvalue weighted by molar-refractivity contribution is -0.154. The molecule has 1 unspecified atom stereocenters. The summed E-state index contributed by atoms with van der Waals surface area (Å²) in [5.41, 5.74) is -0.326. The van der Waals surface area contributed by atoms with E-state index in [2.05, 4.69) is 10.6 Å². The summed E-state index contributed by atoms with van der Waals surface area (Å²) in [6.45, 7) is 2.02. The molecule has 35 heavy (non-hydrogen) atoms. The van der Waals surface area contributed by atoms with Gasteiger partial charge in [-0.3, -0.25) is 14.4 Å². The fourth-order valence-corrected chi connectivity index (χ4v) is 4.03. The van der Waals surface area contributed by atoms with E-state index in [0.29, 0.717) is 6.42 Å². The second-order valence-electron chi connectivity index (χ2n) is 8.20. The lowest BCUT2D eigenvalue weighted by Gasteiger charge is -2.31. The second kappa shape index (κ2) is 9.98. The van der Waals surface area contributed by atoms with Gasteiger partial charge < -0.3 is 30.5 Å². The van der Waals surface area contributed by atoms with Crippen LogP contribution in [0.3, 0.4) is 0 Å². The third kappa shape index (κ3) is 4.73. The van der Waals surface area contributed by atoms with Crippen LogP contribution in [-0.2, 0) is 9.53 Å². The zero-order valence-electron chi connectivity index (χ0n) is 19.0. The predicted molar refractivity (Wildman–Crippen MR) is 129 cm³/mol. The standard InChI is InChI=1S/C25H25N3O7/c1-2-16(14-7-4-3-5-8-14)26-19-20(23(31)22(19)30)27-17-10-6-9-15(21(17)29)24(32)28-11-12-35-18(13-28)25(33)34/h3-10,16,18,26-27,29H,2,11-13H2,1H3,(H,33,34)/t16-,18?/m1/s1. The van der Waals surface area contributed by atoms with E-state index in [9.17, 15) is 29.4 Å². The highest BCUT2D eigenvalue weighted by Crippen LogP contribution is 2.33. The minimum atomic E-state index is -1.18. The number of nitrogens with one attached hydrogen (secondary N) is 2. The quantitative estimate of drug-likeness (QED) is 0.282. The Labute approximate surface area is 200 Å². The number of morpholine rings is 1. The molecule has 1 amide bonds. The molecule has 0 saturated carbocycles. The molecule has 0 aliphatic carbocycles. The highest BCUT2D eigenvalue weighted by atomic mass is 16.5. The van der Waals surface area contributed by atoms with Gasteiger partial charge in [0.05, 0.1) is 30.4 Å². The molecule has 10 heteroatoms. The van der Waals surface area contributed by atoms with Crippen LogP contribution in [0.5, 0.6) is 5.75 Å². The average molecular weight is 479 g/mol. The van der Waals surface area contributed by atoms with Gasteiger partial charge in [0.2, 0.25) is 0 Å². The lowest BCUT2D eigenvalue weighted by Crippen LogP contribution is -2.48. The Morgan fingerprint density at radius 2 is 1.80 bits per heavy atom. The Balaban J connectivity index is 1.56. The Kier molecular flexibility index (Phi) is 6.83. The molecule has 4 rings (SSSR count). The number of aromatic hydroxyl groups is 1. The number of hydrogen-bond donors (Lipinski definition) is 4. The molecule has 2 atom stereocenters. The van der Waals surface area contributed by atoms with Crippen molar-refractivity contribution in [1.29, 1.82) is 0 Å². The first-order valence-corrected chi connectivity index (χ1v) is 11.2. The van der Waals surface area contributed by atoms with Gasteiger partial charge in [-0.05, 0) is 24.1 Å². The lowest BCUT2D eigenvalue weighted by atomic mass is 10.0. The first-order valence-electron chi connectivity index (χ1n) is 11.2. The van der Waals surface area contributed by atoms with Gasteiger partial charge in [-0.1, -0.05) is 43.3 Å². The molecule has 1 aliphatic rings. The summed E-state index contributed by atoms with van der Waals surface area (Å²) in [7, 11) is 0. The number of rotatable bonds is 8. The van der Waals surface area contributed by atoms with Crippen LogP contribution in [0, 0.1) is 0 Å². The van der Waals surface area contributed by atoms with E-state index in [1.54, 1.807) is 0 Å². The zero-order chi connectivity index (χ0) is 25.1. The molecule has 1 fully saturated rings. The number of amides is 1. The molecule has 0 radical (unpaired) electrons. The Morgan fingerprint density at radius 3 is 2.49 bits per heavy atom. The number of anilines is 3. The summed E-state index contributed by atoms with van der Waals surface area (Å²) in [5, 5.41) is 25.9. The van der Waals surface area contributed by atoms with Crippen LogP contribution in [0.15, 0.2) is 58.1 Å². The maximum absolute atomic E-state index is 13.0. The zero-order valence-corrected chi connectivity index (χ0v) is 19.0. The van der Waals surface area contributed by atoms with Crippen LogP contribution in [0.1, 0.15) is 35.3 Å². The van der Waals surface area contributed by atoms with Gasteiger partial charge in [0.15, 0.2) is 11.9 Å². The summed E-state index contributed by atoms with van der Waals surface area (Å²) >= 11 is 0. The second-order valence-corrected chi connectivity index (χ2v) is 8.20. The molecule has 0 aromatic heterocycles. The Morgan fingerprint density at radius 1 is 1.09 bits per heavy atom. The normalized spacial score (nSPS) is 16.6. The van der Waals surface area contributed by atoms with Crippen molar-refractivity contribution in [3.05, 3.63) is 80.1 Å². The van der Waals surface area contributed by atoms with Crippen molar-refractivity contribution < 1.29 is 24.5 Å². The number of benzene rings is 2. The third-order valence-electron chi connectivity index (χ3n) is 5.99. The highest BCUT2D eigenvalue weighted by Gasteiger charge is 2.31. The average Bonchev–Trinajstić information content (AvgIpc) is 2.89. The van der Waals surface area contributed by atoms with Crippen LogP contribution < -0.4 is 21.5 Å². The minimum absolute atomic E-state index is 0.00148. The third-order valence-corrected chi connectivity index (χ3v) is 5.99. The SMILES string of the molecule is CC[C@@H](Nc1c(Nc2cccc(C(=O)N3CCOC(C(=O)O)C3)c2O)c(=O)c1=O)c1ccccc1. The maximum atomic E-state index is 13.0. The van der Waals surface area contributed by atoms with E-state index in [-0.39, 0.29) is 48.4 Å². The molecule has 0 spiro atoms. The van der Waals surface area contributed by atoms with E-state index >= 15 is 0 Å². The maximum Gasteiger partial charge on any atom is 0.334 e. The molecular weight excluding hydrogens is 454 g/mol. The molecule has 4 N–H and O–H groups in total. The van der Waals surface area contributed by atoms with Crippen molar-refractivity contribution in [1.82, 2.24) is 4.90 Å². The smallest absolute Gasteiger partial charge is 0.334 e. The molecule has 1 heterocycles. The van der Waals surface area contributed by atoms with Crippen molar-refractivity contribution in [2.75, 3.05) is 30.3 Å². The predicted octanol–water partition coefficient (Wildman–Crippen LogP) is 2.22. The monoisotopic (exact) mass is 479 g/mol. The van der Waals surface area contributed by atoms with Crippen LogP contribution in [-0.4, -0.2) is 52.8 Å². The number of nitrogens with zero attached hydrogens (tertiary/aromatic N) is 1. The molecule has 182 valence electrons. The number of phenolic OH excluding ortho intramolecular Hbond substituents is 1. The Hall–Kier alpha value is -4.18. The number of phenols is 1. The number of hydrogen-bond acceptors (Lipinski definition) is 8. The van der Waals surface area contributed by atoms with Gasteiger partial charge in [0.25, 0.3) is 16.8 Å². The van der Waals surface area contributed by atoms with Gasteiger partial charge >= 0.3 is 5.97 Å². The van der Waals surface area contributed by atoms with Crippen molar-refractivity contribution in [2.45, 2.75) is 25.5 Å². The van der Waals surface area contributed by atoms with Crippen molar-refractivity contribution in [3.63, 3.8) is 0 Å². The van der Waals surface area contributed by atoms with E-state index in [4.69, 9.17) is 4.74 Å². The molecule has 1 saturated heterocycles. The molecule has 1 aliphatic heterocycles. The van der Waals surface area contributed by atoms with Gasteiger partial charge in [-0.2, -0.15) is 0 Å². The highest BCUT2D eigenvalue weighted by molar-refractivity contribution is 5.99. The van der Waals surface area contributed by atoms with Crippen LogP contribution in [0.2, 0.25) is 0 Å². The van der Waals surface area contributed by atoms with Crippen molar-refractivity contribution in [2.24, 2.45) is 0 Å². The first-order chi connectivity index (χ1) is 16.8. The number of aliphatic carboxylic acids is 1. The molecule has 3 aromatic carbocycles. The van der Waals surface area contributed by atoms with Crippen LogP contribution in [0.25, 0.3) is 0 Å². The largest absolute Gasteiger partial charge is 0.505 e. The van der Waals surface area contributed by atoms with Crippen molar-refractivity contribution in [3.8, 4) is 5.75 Å². The summed E-state index contributed by atoms with van der Waals surface area (Å²) in [5.74, 6) is -2.16. The van der Waals surface area contributed by atoms with E-state index in [1.165, 1.54) is 23.1 Å². The topological polar surface area (TPSA) is 145 Å². The van der Waals surface area contributed by atoms with Crippen LogP contribution >= 0.6 is 0 Å². The van der Waals surface area contributed by atoms with E-state index < -0.39 is 34.6 Å². The van der Waals surface area contributed by atoms with Gasteiger partial charge in [-0.25, -0.2) is 4.79 Å². The minimum Gasteiger partial charge on any atom is -0.505 e. The summed E-state index contributed by atoms with van der Waals surface area (Å²) in [6, 6.07) is 13.7. The fraction of sp³-hybridized carbons (Fsp3) is 0.280. The van der Waals surface area contributed by atoms with Gasteiger partial charge in [0, 0.05) is 6.54 Å². The number of para-hydroxylation sites is 1. The van der Waals surface area contributed by atoms with Crippen LogP contribution in [0.4, 0.5) is 17.1 Å². The molecular formula is C25H25N3O7. The van der Waals surface area contributed by atoms with Gasteiger partial charge in [-0.15, -0.1) is 0 Å². The number of ether oxygens (including phenoxy) is 1. The summed E-state index contributed by atoms with van der Waals surface area (Å²) < 4.78 is 5.14. The first kappa shape index (κ1) is 24.0. The van der Waals surface area contributed by atoms with E-state index in [1.807, 2.05) is 37.3 Å². The number of carboxylic acid groups (broad SMARTS) is 1. The molecule has 10 nitrogen and oxygen atoms in total. The van der Waals surface area contributed by atoms with E-state index in [0.717, 1.165) is 5.56 Å². The van der Waals surface area contributed by atoms with Gasteiger partial charge in [0.1, 0.15) is 11.4 Å². The molecule has 3 aromatic rings. The summed E-state index contributed by atoms with van der Waals surface area (Å²) in [6.07, 6.45) is -0.487.